The molecule has 1 N–H and O–H groups in total. The van der Waals surface area contributed by atoms with E-state index in [-0.39, 0.29) is 0 Å². The summed E-state index contributed by atoms with van der Waals surface area (Å²) in [6.45, 7) is 9.87. The Kier molecular flexibility index (Phi) is 4.62. The van der Waals surface area contributed by atoms with Crippen molar-refractivity contribution in [3.05, 3.63) is 0 Å². The molecule has 2 rings (SSSR count). The summed E-state index contributed by atoms with van der Waals surface area (Å²) in [5.74, 6) is 0.973. The fourth-order valence-electron chi connectivity index (χ4n) is 3.05. The minimum absolute atomic E-state index is 0.788. The quantitative estimate of drug-likeness (QED) is 0.773. The van der Waals surface area contributed by atoms with Crippen LogP contribution in [-0.4, -0.2) is 62.2 Å². The molecule has 2 aliphatic heterocycles. The Morgan fingerprint density at radius 1 is 1.12 bits per heavy atom. The Bertz CT molecular complexity index is 193. The third kappa shape index (κ3) is 3.44. The number of nitrogens with zero attached hydrogens (tertiary/aromatic N) is 2. The van der Waals surface area contributed by atoms with E-state index in [9.17, 15) is 0 Å². The average Bonchev–Trinajstić information content (AvgIpc) is 2.33. The number of piperazine rings is 1. The van der Waals surface area contributed by atoms with Crippen molar-refractivity contribution in [1.82, 2.24) is 15.1 Å². The predicted octanol–water partition coefficient (Wildman–Crippen LogP) is 1.01. The Morgan fingerprint density at radius 2 is 1.75 bits per heavy atom. The first-order valence-corrected chi connectivity index (χ1v) is 6.89. The number of nitrogens with one attached hydrogen (secondary N) is 1. The summed E-state index contributed by atoms with van der Waals surface area (Å²) in [6, 6.07) is 0.788. The number of likely N-dealkylation sites (tertiary alicyclic amines) is 1. The van der Waals surface area contributed by atoms with Crippen molar-refractivity contribution in [2.45, 2.75) is 32.2 Å². The highest BCUT2D eigenvalue weighted by atomic mass is 15.2. The standard InChI is InChI=1S/C13H27N3/c1-12(16-9-5-14-6-10-16)11-13-3-7-15(2)8-4-13/h12-14H,3-11H2,1-2H3. The van der Waals surface area contributed by atoms with Gasteiger partial charge in [0.1, 0.15) is 0 Å². The van der Waals surface area contributed by atoms with Gasteiger partial charge in [-0.1, -0.05) is 0 Å². The fraction of sp³-hybridized carbons (Fsp3) is 1.00. The molecule has 0 amide bonds. The van der Waals surface area contributed by atoms with Crippen molar-refractivity contribution in [2.75, 3.05) is 46.3 Å². The summed E-state index contributed by atoms with van der Waals surface area (Å²) in [5.41, 5.74) is 0. The van der Waals surface area contributed by atoms with Gasteiger partial charge < -0.3 is 10.2 Å². The molecule has 0 radical (unpaired) electrons. The third-order valence-electron chi connectivity index (χ3n) is 4.29. The number of rotatable bonds is 3. The van der Waals surface area contributed by atoms with E-state index in [1.54, 1.807) is 0 Å². The SMILES string of the molecule is CC(CC1CCN(C)CC1)N1CCNCC1. The van der Waals surface area contributed by atoms with E-state index in [0.717, 1.165) is 12.0 Å². The van der Waals surface area contributed by atoms with Crippen LogP contribution in [0.15, 0.2) is 0 Å². The summed E-state index contributed by atoms with van der Waals surface area (Å²) in [6.07, 6.45) is 4.23. The predicted molar refractivity (Wildman–Crippen MR) is 68.7 cm³/mol. The molecule has 2 heterocycles. The van der Waals surface area contributed by atoms with Crippen LogP contribution in [0.5, 0.6) is 0 Å². The molecule has 0 saturated carbocycles. The first-order chi connectivity index (χ1) is 7.75. The van der Waals surface area contributed by atoms with Crippen molar-refractivity contribution in [3.8, 4) is 0 Å². The lowest BCUT2D eigenvalue weighted by molar-refractivity contribution is 0.135. The van der Waals surface area contributed by atoms with Gasteiger partial charge in [-0.2, -0.15) is 0 Å². The summed E-state index contributed by atoms with van der Waals surface area (Å²) in [5, 5.41) is 3.43. The van der Waals surface area contributed by atoms with Gasteiger partial charge in [0.25, 0.3) is 0 Å². The zero-order valence-corrected chi connectivity index (χ0v) is 10.9. The number of piperidine rings is 1. The van der Waals surface area contributed by atoms with E-state index in [4.69, 9.17) is 0 Å². The topological polar surface area (TPSA) is 18.5 Å². The maximum absolute atomic E-state index is 3.43. The zero-order valence-electron chi connectivity index (χ0n) is 10.9. The smallest absolute Gasteiger partial charge is 0.0110 e. The molecule has 0 aromatic heterocycles. The number of hydrogen-bond donors (Lipinski definition) is 1. The van der Waals surface area contributed by atoms with Crippen LogP contribution in [0, 0.1) is 5.92 Å². The maximum Gasteiger partial charge on any atom is 0.0110 e. The molecule has 0 aliphatic carbocycles. The molecule has 0 aromatic carbocycles. The van der Waals surface area contributed by atoms with E-state index < -0.39 is 0 Å². The lowest BCUT2D eigenvalue weighted by Gasteiger charge is -2.36. The van der Waals surface area contributed by atoms with Crippen LogP contribution in [0.3, 0.4) is 0 Å². The highest BCUT2D eigenvalue weighted by Gasteiger charge is 2.22. The van der Waals surface area contributed by atoms with Gasteiger partial charge in [0, 0.05) is 32.2 Å². The van der Waals surface area contributed by atoms with E-state index in [0.29, 0.717) is 0 Å². The molecule has 2 fully saturated rings. The molecule has 1 atom stereocenters. The van der Waals surface area contributed by atoms with Crippen LogP contribution in [-0.2, 0) is 0 Å². The van der Waals surface area contributed by atoms with Crippen molar-refractivity contribution < 1.29 is 0 Å². The first-order valence-electron chi connectivity index (χ1n) is 6.89. The Morgan fingerprint density at radius 3 is 2.38 bits per heavy atom. The first kappa shape index (κ1) is 12.3. The normalized spacial score (nSPS) is 28.1. The molecule has 3 nitrogen and oxygen atoms in total. The van der Waals surface area contributed by atoms with Gasteiger partial charge in [-0.05, 0) is 52.2 Å². The van der Waals surface area contributed by atoms with Crippen LogP contribution >= 0.6 is 0 Å². The maximum atomic E-state index is 3.43. The van der Waals surface area contributed by atoms with Crippen molar-refractivity contribution in [2.24, 2.45) is 5.92 Å². The minimum atomic E-state index is 0.788. The van der Waals surface area contributed by atoms with Crippen LogP contribution < -0.4 is 5.32 Å². The van der Waals surface area contributed by atoms with Gasteiger partial charge in [0.15, 0.2) is 0 Å². The minimum Gasteiger partial charge on any atom is -0.314 e. The van der Waals surface area contributed by atoms with Crippen LogP contribution in [0.2, 0.25) is 0 Å². The monoisotopic (exact) mass is 225 g/mol. The van der Waals surface area contributed by atoms with E-state index >= 15 is 0 Å². The van der Waals surface area contributed by atoms with Gasteiger partial charge in [0.2, 0.25) is 0 Å². The summed E-state index contributed by atoms with van der Waals surface area (Å²) in [7, 11) is 2.25. The summed E-state index contributed by atoms with van der Waals surface area (Å²) in [4.78, 5) is 5.13. The zero-order chi connectivity index (χ0) is 11.4. The molecule has 2 saturated heterocycles. The lowest BCUT2D eigenvalue weighted by Crippen LogP contribution is -2.48. The summed E-state index contributed by atoms with van der Waals surface area (Å²) >= 11 is 0. The largest absolute Gasteiger partial charge is 0.314 e. The second-order valence-electron chi connectivity index (χ2n) is 5.62. The van der Waals surface area contributed by atoms with Crippen molar-refractivity contribution in [1.29, 1.82) is 0 Å². The molecule has 0 spiro atoms. The van der Waals surface area contributed by atoms with Crippen LogP contribution in [0.1, 0.15) is 26.2 Å². The van der Waals surface area contributed by atoms with Crippen molar-refractivity contribution >= 4 is 0 Å². The van der Waals surface area contributed by atoms with Gasteiger partial charge in [-0.3, -0.25) is 4.90 Å². The summed E-state index contributed by atoms with van der Waals surface area (Å²) < 4.78 is 0. The molecule has 1 unspecified atom stereocenters. The molecule has 3 heteroatoms. The van der Waals surface area contributed by atoms with Gasteiger partial charge in [-0.25, -0.2) is 0 Å². The van der Waals surface area contributed by atoms with Crippen molar-refractivity contribution in [3.63, 3.8) is 0 Å². The highest BCUT2D eigenvalue weighted by Crippen LogP contribution is 2.23. The lowest BCUT2D eigenvalue weighted by atomic mass is 9.90. The second-order valence-corrected chi connectivity index (χ2v) is 5.62. The van der Waals surface area contributed by atoms with Gasteiger partial charge >= 0.3 is 0 Å². The van der Waals surface area contributed by atoms with Gasteiger partial charge in [-0.15, -0.1) is 0 Å². The Hall–Kier alpha value is -0.120. The molecular formula is C13H27N3. The molecule has 2 aliphatic rings. The van der Waals surface area contributed by atoms with E-state index in [2.05, 4.69) is 29.1 Å². The fourth-order valence-corrected chi connectivity index (χ4v) is 3.05. The van der Waals surface area contributed by atoms with Crippen LogP contribution in [0.4, 0.5) is 0 Å². The molecule has 94 valence electrons. The molecular weight excluding hydrogens is 198 g/mol. The van der Waals surface area contributed by atoms with Crippen LogP contribution in [0.25, 0.3) is 0 Å². The molecule has 0 bridgehead atoms. The van der Waals surface area contributed by atoms with E-state index in [1.807, 2.05) is 0 Å². The average molecular weight is 225 g/mol. The second kappa shape index (κ2) is 5.99. The Labute approximate surface area is 100 Å². The number of hydrogen-bond acceptors (Lipinski definition) is 3. The molecule has 16 heavy (non-hydrogen) atoms. The Balaban J connectivity index is 1.71. The van der Waals surface area contributed by atoms with E-state index in [1.165, 1.54) is 58.5 Å². The van der Waals surface area contributed by atoms with Gasteiger partial charge in [0.05, 0.1) is 0 Å². The highest BCUT2D eigenvalue weighted by molar-refractivity contribution is 4.78. The molecule has 0 aromatic rings. The third-order valence-corrected chi connectivity index (χ3v) is 4.29.